The number of carbonyl (C=O) groups excluding carboxylic acids is 1. The maximum Gasteiger partial charge on any atom is 0.256 e. The molecule has 0 atom stereocenters. The van der Waals surface area contributed by atoms with Crippen molar-refractivity contribution in [1.82, 2.24) is 15.1 Å². The molecule has 0 aliphatic heterocycles. The molecule has 1 amide bonds. The highest BCUT2D eigenvalue weighted by molar-refractivity contribution is 6.04. The molecule has 0 saturated carbocycles. The van der Waals surface area contributed by atoms with Gasteiger partial charge in [-0.25, -0.2) is 0 Å². The van der Waals surface area contributed by atoms with Crippen molar-refractivity contribution in [2.45, 2.75) is 13.0 Å². The van der Waals surface area contributed by atoms with E-state index in [0.29, 0.717) is 30.0 Å². The Labute approximate surface area is 128 Å². The predicted molar refractivity (Wildman–Crippen MR) is 83.7 cm³/mol. The first-order valence-corrected chi connectivity index (χ1v) is 6.94. The lowest BCUT2D eigenvalue weighted by molar-refractivity contribution is 0.0961. The molecule has 1 heterocycles. The Morgan fingerprint density at radius 3 is 2.91 bits per heavy atom. The number of ether oxygens (including phenoxy) is 1. The zero-order chi connectivity index (χ0) is 16.1. The van der Waals surface area contributed by atoms with E-state index < -0.39 is 0 Å². The highest BCUT2D eigenvalue weighted by Gasteiger charge is 2.20. The number of hydrogen-bond acceptors (Lipinski definition) is 5. The smallest absolute Gasteiger partial charge is 0.256 e. The highest BCUT2D eigenvalue weighted by Crippen LogP contribution is 2.36. The molecule has 7 heteroatoms. The standard InChI is InChI=1S/C15H20N4O3/c1-17-15(21)13-12(16)5-4-11(14(13)22-2)10-8-18-19(9-10)6-3-7-20/h4-5,8-9,20H,3,6-7,16H2,1-2H3,(H,17,21). The van der Waals surface area contributed by atoms with E-state index in [9.17, 15) is 4.79 Å². The van der Waals surface area contributed by atoms with Gasteiger partial charge >= 0.3 is 0 Å². The summed E-state index contributed by atoms with van der Waals surface area (Å²) in [6.07, 6.45) is 4.17. The number of aliphatic hydroxyl groups excluding tert-OH is 1. The van der Waals surface area contributed by atoms with Crippen LogP contribution in [0.15, 0.2) is 24.5 Å². The summed E-state index contributed by atoms with van der Waals surface area (Å²) in [5.74, 6) is 0.116. The van der Waals surface area contributed by atoms with Crippen LogP contribution in [0.2, 0.25) is 0 Å². The van der Waals surface area contributed by atoms with Crippen LogP contribution < -0.4 is 15.8 Å². The third-order valence-electron chi connectivity index (χ3n) is 3.34. The highest BCUT2D eigenvalue weighted by atomic mass is 16.5. The normalized spacial score (nSPS) is 10.5. The van der Waals surface area contributed by atoms with Crippen LogP contribution in [-0.4, -0.2) is 41.6 Å². The van der Waals surface area contributed by atoms with E-state index in [2.05, 4.69) is 10.4 Å². The van der Waals surface area contributed by atoms with E-state index in [4.69, 9.17) is 15.6 Å². The number of nitrogens with one attached hydrogen (secondary N) is 1. The fourth-order valence-electron chi connectivity index (χ4n) is 2.25. The SMILES string of the molecule is CNC(=O)c1c(N)ccc(-c2cnn(CCCO)c2)c1OC. The number of aromatic nitrogens is 2. The summed E-state index contributed by atoms with van der Waals surface area (Å²) in [5, 5.41) is 15.7. The van der Waals surface area contributed by atoms with Crippen LogP contribution in [0, 0.1) is 0 Å². The van der Waals surface area contributed by atoms with Crippen LogP contribution in [0.1, 0.15) is 16.8 Å². The van der Waals surface area contributed by atoms with Gasteiger partial charge in [0, 0.05) is 43.2 Å². The van der Waals surface area contributed by atoms with Crippen molar-refractivity contribution < 1.29 is 14.6 Å². The average Bonchev–Trinajstić information content (AvgIpc) is 3.00. The van der Waals surface area contributed by atoms with E-state index in [1.165, 1.54) is 7.11 Å². The molecule has 7 nitrogen and oxygen atoms in total. The Hall–Kier alpha value is -2.54. The molecule has 0 aliphatic rings. The van der Waals surface area contributed by atoms with Crippen LogP contribution in [0.4, 0.5) is 5.69 Å². The molecule has 0 aliphatic carbocycles. The lowest BCUT2D eigenvalue weighted by atomic mass is 10.0. The van der Waals surface area contributed by atoms with E-state index >= 15 is 0 Å². The molecule has 22 heavy (non-hydrogen) atoms. The van der Waals surface area contributed by atoms with Crippen LogP contribution in [0.5, 0.6) is 5.75 Å². The molecule has 0 bridgehead atoms. The topological polar surface area (TPSA) is 102 Å². The molecule has 2 aromatic rings. The molecule has 0 saturated heterocycles. The minimum absolute atomic E-state index is 0.112. The van der Waals surface area contributed by atoms with Crippen LogP contribution in [0.3, 0.4) is 0 Å². The van der Waals surface area contributed by atoms with Gasteiger partial charge in [0.1, 0.15) is 11.3 Å². The van der Waals surface area contributed by atoms with E-state index in [-0.39, 0.29) is 12.5 Å². The Balaban J connectivity index is 2.47. The number of hydrogen-bond donors (Lipinski definition) is 3. The van der Waals surface area contributed by atoms with Gasteiger partial charge in [0.2, 0.25) is 0 Å². The first kappa shape index (κ1) is 15.8. The maximum absolute atomic E-state index is 12.0. The van der Waals surface area contributed by atoms with Crippen LogP contribution in [0.25, 0.3) is 11.1 Å². The lowest BCUT2D eigenvalue weighted by Crippen LogP contribution is -2.20. The fourth-order valence-corrected chi connectivity index (χ4v) is 2.25. The number of rotatable bonds is 6. The second-order valence-corrected chi connectivity index (χ2v) is 4.76. The third kappa shape index (κ3) is 3.04. The van der Waals surface area contributed by atoms with Gasteiger partial charge in [0.05, 0.1) is 13.3 Å². The minimum Gasteiger partial charge on any atom is -0.495 e. The molecule has 0 radical (unpaired) electrons. The number of nitrogens with zero attached hydrogens (tertiary/aromatic N) is 2. The molecule has 1 aromatic heterocycles. The first-order chi connectivity index (χ1) is 10.6. The Morgan fingerprint density at radius 1 is 1.50 bits per heavy atom. The molecule has 0 fully saturated rings. The maximum atomic E-state index is 12.0. The van der Waals surface area contributed by atoms with Crippen LogP contribution >= 0.6 is 0 Å². The minimum atomic E-state index is -0.302. The summed E-state index contributed by atoms with van der Waals surface area (Å²) in [7, 11) is 3.04. The van der Waals surface area contributed by atoms with Gasteiger partial charge in [-0.1, -0.05) is 0 Å². The summed E-state index contributed by atoms with van der Waals surface area (Å²) < 4.78 is 7.14. The van der Waals surface area contributed by atoms with Crippen molar-refractivity contribution in [3.8, 4) is 16.9 Å². The van der Waals surface area contributed by atoms with E-state index in [0.717, 1.165) is 11.1 Å². The molecule has 2 rings (SSSR count). The zero-order valence-corrected chi connectivity index (χ0v) is 12.7. The molecule has 1 aromatic carbocycles. The molecule has 0 unspecified atom stereocenters. The van der Waals surface area contributed by atoms with Gasteiger partial charge < -0.3 is 20.9 Å². The zero-order valence-electron chi connectivity index (χ0n) is 12.7. The second kappa shape index (κ2) is 6.95. The summed E-state index contributed by atoms with van der Waals surface area (Å²) in [6, 6.07) is 3.47. The van der Waals surface area contributed by atoms with E-state index in [1.807, 2.05) is 6.20 Å². The van der Waals surface area contributed by atoms with Gasteiger partial charge in [-0.05, 0) is 18.6 Å². The number of nitrogens with two attached hydrogens (primary N) is 1. The van der Waals surface area contributed by atoms with Gasteiger partial charge in [0.25, 0.3) is 5.91 Å². The molecular weight excluding hydrogens is 284 g/mol. The first-order valence-electron chi connectivity index (χ1n) is 6.94. The number of benzene rings is 1. The fraction of sp³-hybridized carbons (Fsp3) is 0.333. The van der Waals surface area contributed by atoms with Gasteiger partial charge in [-0.3, -0.25) is 9.48 Å². The van der Waals surface area contributed by atoms with Crippen molar-refractivity contribution in [3.05, 3.63) is 30.1 Å². The van der Waals surface area contributed by atoms with Gasteiger partial charge in [-0.2, -0.15) is 5.10 Å². The predicted octanol–water partition coefficient (Wildman–Crippen LogP) is 0.883. The third-order valence-corrected chi connectivity index (χ3v) is 3.34. The summed E-state index contributed by atoms with van der Waals surface area (Å²) >= 11 is 0. The van der Waals surface area contributed by atoms with Crippen molar-refractivity contribution in [3.63, 3.8) is 0 Å². The Bertz CT molecular complexity index is 667. The monoisotopic (exact) mass is 304 g/mol. The number of methoxy groups -OCH3 is 1. The Kier molecular flexibility index (Phi) is 5.00. The second-order valence-electron chi connectivity index (χ2n) is 4.76. The molecule has 118 valence electrons. The van der Waals surface area contributed by atoms with Crippen LogP contribution in [-0.2, 0) is 6.54 Å². The quantitative estimate of drug-likeness (QED) is 0.688. The molecular formula is C15H20N4O3. The van der Waals surface area contributed by atoms with Crippen molar-refractivity contribution in [2.24, 2.45) is 0 Å². The number of anilines is 1. The van der Waals surface area contributed by atoms with Crippen molar-refractivity contribution in [1.29, 1.82) is 0 Å². The molecule has 4 N–H and O–H groups in total. The number of nitrogen functional groups attached to an aromatic ring is 1. The number of carbonyl (C=O) groups is 1. The number of amides is 1. The summed E-state index contributed by atoms with van der Waals surface area (Å²) in [6.45, 7) is 0.733. The van der Waals surface area contributed by atoms with Gasteiger partial charge in [-0.15, -0.1) is 0 Å². The van der Waals surface area contributed by atoms with Crippen molar-refractivity contribution >= 4 is 11.6 Å². The Morgan fingerprint density at radius 2 is 2.27 bits per heavy atom. The summed E-state index contributed by atoms with van der Waals surface area (Å²) in [5.41, 5.74) is 8.13. The summed E-state index contributed by atoms with van der Waals surface area (Å²) in [4.78, 5) is 12.0. The number of aliphatic hydroxyl groups is 1. The lowest BCUT2D eigenvalue weighted by Gasteiger charge is -2.14. The van der Waals surface area contributed by atoms with Gasteiger partial charge in [0.15, 0.2) is 0 Å². The molecule has 0 spiro atoms. The van der Waals surface area contributed by atoms with E-state index in [1.54, 1.807) is 30.1 Å². The van der Waals surface area contributed by atoms with Crippen molar-refractivity contribution in [2.75, 3.05) is 26.5 Å². The average molecular weight is 304 g/mol. The largest absolute Gasteiger partial charge is 0.495 e. The number of aryl methyl sites for hydroxylation is 1.